The van der Waals surface area contributed by atoms with Crippen molar-refractivity contribution in [1.29, 1.82) is 0 Å². The number of nitrogens with one attached hydrogen (secondary N) is 2. The number of aromatic nitrogens is 1. The molecule has 10 heteroatoms. The molecule has 3 N–H and O–H groups in total. The molecule has 0 aliphatic carbocycles. The van der Waals surface area contributed by atoms with Gasteiger partial charge in [-0.3, -0.25) is 19.0 Å². The molecule has 2 rings (SSSR count). The van der Waals surface area contributed by atoms with Crippen LogP contribution in [-0.4, -0.2) is 39.8 Å². The summed E-state index contributed by atoms with van der Waals surface area (Å²) in [7, 11) is 0. The van der Waals surface area contributed by atoms with Gasteiger partial charge in [-0.25, -0.2) is 0 Å². The van der Waals surface area contributed by atoms with Gasteiger partial charge < -0.3 is 15.7 Å². The van der Waals surface area contributed by atoms with Crippen LogP contribution in [-0.2, 0) is 16.1 Å². The summed E-state index contributed by atoms with van der Waals surface area (Å²) in [6.07, 6.45) is -7.67. The number of hydrogen-bond donors (Lipinski definition) is 3. The average Bonchev–Trinajstić information content (AvgIpc) is 2.68. The maximum Gasteiger partial charge on any atom is 0.416 e. The van der Waals surface area contributed by atoms with E-state index in [2.05, 4.69) is 10.6 Å². The first-order chi connectivity index (χ1) is 14.4. The van der Waals surface area contributed by atoms with Crippen LogP contribution in [0.15, 0.2) is 47.3 Å². The molecular weight excluding hydrogens is 415 g/mol. The second-order valence-corrected chi connectivity index (χ2v) is 7.39. The van der Waals surface area contributed by atoms with Gasteiger partial charge in [0.25, 0.3) is 5.56 Å². The maximum absolute atomic E-state index is 13.0. The fourth-order valence-corrected chi connectivity index (χ4v) is 3.07. The third-order valence-electron chi connectivity index (χ3n) is 4.58. The summed E-state index contributed by atoms with van der Waals surface area (Å²) in [5.41, 5.74) is 0.171. The highest BCUT2D eigenvalue weighted by atomic mass is 19.4. The number of hydrogen-bond acceptors (Lipinski definition) is 4. The normalized spacial score (nSPS) is 13.5. The standard InChI is InChI=1S/C21H24F3N3O4/c1-12(2)18(19(30)21(22,23)24)26-17(29)11-27-16(14-7-5-4-6-8-14)10-9-15(20(27)31)25-13(3)28/h4-10,12,18-19,30H,11H2,1-3H3,(H,25,28)(H,26,29). The van der Waals surface area contributed by atoms with Gasteiger partial charge in [0.1, 0.15) is 12.2 Å². The number of nitrogens with zero attached hydrogens (tertiary/aromatic N) is 1. The average molecular weight is 439 g/mol. The molecule has 0 spiro atoms. The van der Waals surface area contributed by atoms with Crippen LogP contribution >= 0.6 is 0 Å². The van der Waals surface area contributed by atoms with Crippen LogP contribution < -0.4 is 16.2 Å². The van der Waals surface area contributed by atoms with Gasteiger partial charge >= 0.3 is 6.18 Å². The number of carbonyl (C=O) groups is 2. The van der Waals surface area contributed by atoms with Crippen LogP contribution in [0, 0.1) is 5.92 Å². The summed E-state index contributed by atoms with van der Waals surface area (Å²) < 4.78 is 40.0. The number of amides is 2. The van der Waals surface area contributed by atoms with Gasteiger partial charge in [0, 0.05) is 6.92 Å². The molecule has 0 fully saturated rings. The lowest BCUT2D eigenvalue weighted by Crippen LogP contribution is -2.53. The van der Waals surface area contributed by atoms with Crippen molar-refractivity contribution in [3.63, 3.8) is 0 Å². The molecule has 2 amide bonds. The Morgan fingerprint density at radius 3 is 2.23 bits per heavy atom. The number of rotatable bonds is 7. The summed E-state index contributed by atoms with van der Waals surface area (Å²) in [5.74, 6) is -2.11. The number of benzene rings is 1. The van der Waals surface area contributed by atoms with Gasteiger partial charge in [-0.2, -0.15) is 13.2 Å². The number of halogens is 3. The Kier molecular flexibility index (Phi) is 7.61. The third kappa shape index (κ3) is 6.17. The number of alkyl halides is 3. The minimum atomic E-state index is -4.92. The fraction of sp³-hybridized carbons (Fsp3) is 0.381. The van der Waals surface area contributed by atoms with E-state index >= 15 is 0 Å². The largest absolute Gasteiger partial charge is 0.416 e. The molecule has 1 aromatic heterocycles. The second kappa shape index (κ2) is 9.78. The Labute approximate surface area is 176 Å². The van der Waals surface area contributed by atoms with Crippen molar-refractivity contribution < 1.29 is 27.9 Å². The molecule has 1 heterocycles. The summed E-state index contributed by atoms with van der Waals surface area (Å²) in [6.45, 7) is 3.47. The molecule has 2 aromatic rings. The van der Waals surface area contributed by atoms with E-state index in [1.165, 1.54) is 32.9 Å². The number of carbonyl (C=O) groups excluding carboxylic acids is 2. The van der Waals surface area contributed by atoms with Crippen molar-refractivity contribution in [2.24, 2.45) is 5.92 Å². The van der Waals surface area contributed by atoms with Crippen LogP contribution in [0.2, 0.25) is 0 Å². The van der Waals surface area contributed by atoms with E-state index < -0.39 is 48.2 Å². The molecule has 0 bridgehead atoms. The van der Waals surface area contributed by atoms with Crippen molar-refractivity contribution in [2.45, 2.75) is 45.6 Å². The van der Waals surface area contributed by atoms with E-state index in [-0.39, 0.29) is 5.69 Å². The van der Waals surface area contributed by atoms with Crippen molar-refractivity contribution in [1.82, 2.24) is 9.88 Å². The number of aliphatic hydroxyl groups excluding tert-OH is 1. The Balaban J connectivity index is 2.42. The van der Waals surface area contributed by atoms with Gasteiger partial charge in [-0.05, 0) is 23.6 Å². The highest BCUT2D eigenvalue weighted by molar-refractivity contribution is 5.88. The van der Waals surface area contributed by atoms with Gasteiger partial charge in [-0.15, -0.1) is 0 Å². The quantitative estimate of drug-likeness (QED) is 0.617. The number of anilines is 1. The van der Waals surface area contributed by atoms with Crippen molar-refractivity contribution in [3.8, 4) is 11.3 Å². The van der Waals surface area contributed by atoms with Gasteiger partial charge in [-0.1, -0.05) is 44.2 Å². The van der Waals surface area contributed by atoms with E-state index in [0.717, 1.165) is 4.57 Å². The predicted octanol–water partition coefficient (Wildman–Crippen LogP) is 2.54. The third-order valence-corrected chi connectivity index (χ3v) is 4.58. The smallest absolute Gasteiger partial charge is 0.382 e. The fourth-order valence-electron chi connectivity index (χ4n) is 3.07. The molecular formula is C21H24F3N3O4. The lowest BCUT2D eigenvalue weighted by molar-refractivity contribution is -0.215. The molecule has 7 nitrogen and oxygen atoms in total. The first-order valence-corrected chi connectivity index (χ1v) is 9.52. The van der Waals surface area contributed by atoms with E-state index in [0.29, 0.717) is 11.3 Å². The van der Waals surface area contributed by atoms with Crippen molar-refractivity contribution >= 4 is 17.5 Å². The first-order valence-electron chi connectivity index (χ1n) is 9.52. The van der Waals surface area contributed by atoms with Gasteiger partial charge in [0.15, 0.2) is 6.10 Å². The second-order valence-electron chi connectivity index (χ2n) is 7.39. The summed E-state index contributed by atoms with van der Waals surface area (Å²) >= 11 is 0. The minimum absolute atomic E-state index is 0.0734. The minimum Gasteiger partial charge on any atom is -0.382 e. The molecule has 2 atom stereocenters. The highest BCUT2D eigenvalue weighted by Gasteiger charge is 2.45. The summed E-state index contributed by atoms with van der Waals surface area (Å²) in [6, 6.07) is 9.93. The molecule has 0 radical (unpaired) electrons. The van der Waals surface area contributed by atoms with E-state index in [4.69, 9.17) is 0 Å². The van der Waals surface area contributed by atoms with E-state index in [9.17, 15) is 32.7 Å². The Morgan fingerprint density at radius 2 is 1.71 bits per heavy atom. The lowest BCUT2D eigenvalue weighted by Gasteiger charge is -2.29. The van der Waals surface area contributed by atoms with E-state index in [1.807, 2.05) is 0 Å². The Hall–Kier alpha value is -3.14. The van der Waals surface area contributed by atoms with E-state index in [1.54, 1.807) is 30.3 Å². The zero-order chi connectivity index (χ0) is 23.3. The molecule has 1 aromatic carbocycles. The van der Waals surface area contributed by atoms with Crippen LogP contribution in [0.5, 0.6) is 0 Å². The van der Waals surface area contributed by atoms with Crippen LogP contribution in [0.25, 0.3) is 11.3 Å². The zero-order valence-corrected chi connectivity index (χ0v) is 17.2. The predicted molar refractivity (Wildman–Crippen MR) is 109 cm³/mol. The Morgan fingerprint density at radius 1 is 1.10 bits per heavy atom. The molecule has 0 saturated carbocycles. The van der Waals surface area contributed by atoms with Gasteiger partial charge in [0.2, 0.25) is 11.8 Å². The van der Waals surface area contributed by atoms with Crippen LogP contribution in [0.1, 0.15) is 20.8 Å². The van der Waals surface area contributed by atoms with Crippen LogP contribution in [0.4, 0.5) is 18.9 Å². The summed E-state index contributed by atoms with van der Waals surface area (Å²) in [4.78, 5) is 36.8. The summed E-state index contributed by atoms with van der Waals surface area (Å²) in [5, 5.41) is 14.2. The first kappa shape index (κ1) is 24.1. The van der Waals surface area contributed by atoms with Crippen molar-refractivity contribution in [3.05, 3.63) is 52.8 Å². The van der Waals surface area contributed by atoms with Crippen molar-refractivity contribution in [2.75, 3.05) is 5.32 Å². The molecule has 0 saturated heterocycles. The number of pyridine rings is 1. The molecule has 2 unspecified atom stereocenters. The maximum atomic E-state index is 13.0. The Bertz CT molecular complexity index is 988. The zero-order valence-electron chi connectivity index (χ0n) is 17.2. The molecule has 168 valence electrons. The molecule has 0 aliphatic heterocycles. The topological polar surface area (TPSA) is 100 Å². The lowest BCUT2D eigenvalue weighted by atomic mass is 9.98. The molecule has 0 aliphatic rings. The monoisotopic (exact) mass is 439 g/mol. The molecule has 31 heavy (non-hydrogen) atoms. The number of aliphatic hydroxyl groups is 1. The SMILES string of the molecule is CC(=O)Nc1ccc(-c2ccccc2)n(CC(=O)NC(C(C)C)C(O)C(F)(F)F)c1=O. The highest BCUT2D eigenvalue weighted by Crippen LogP contribution is 2.25. The van der Waals surface area contributed by atoms with Gasteiger partial charge in [0.05, 0.1) is 11.7 Å². The van der Waals surface area contributed by atoms with Crippen LogP contribution in [0.3, 0.4) is 0 Å².